The van der Waals surface area contributed by atoms with Gasteiger partial charge in [0.1, 0.15) is 0 Å². The van der Waals surface area contributed by atoms with Gasteiger partial charge in [0.25, 0.3) is 5.91 Å². The van der Waals surface area contributed by atoms with Crippen molar-refractivity contribution >= 4 is 28.8 Å². The molecule has 1 heterocycles. The van der Waals surface area contributed by atoms with Gasteiger partial charge in [-0.1, -0.05) is 18.2 Å². The first kappa shape index (κ1) is 10.2. The maximum absolute atomic E-state index is 11.3. The minimum Gasteiger partial charge on any atom is -0.345 e. The van der Waals surface area contributed by atoms with Crippen molar-refractivity contribution in [3.63, 3.8) is 0 Å². The maximum Gasteiger partial charge on any atom is 0.280 e. The first-order chi connectivity index (χ1) is 6.09. The first-order valence-corrected chi connectivity index (χ1v) is 4.89. The van der Waals surface area contributed by atoms with Gasteiger partial charge in [-0.15, -0.1) is 11.3 Å². The molecule has 0 unspecified atom stereocenters. The van der Waals surface area contributed by atoms with Crippen LogP contribution < -0.4 is 5.32 Å². The number of carbonyl (C=O) groups is 1. The van der Waals surface area contributed by atoms with Crippen LogP contribution in [-0.4, -0.2) is 17.4 Å². The SMILES string of the molecule is C=C(Cl)CNC(=O)c1nc(C)cs1. The summed E-state index contributed by atoms with van der Waals surface area (Å²) in [4.78, 5) is 15.3. The van der Waals surface area contributed by atoms with Crippen LogP contribution in [0.3, 0.4) is 0 Å². The van der Waals surface area contributed by atoms with E-state index in [-0.39, 0.29) is 12.5 Å². The van der Waals surface area contributed by atoms with Crippen molar-refractivity contribution in [2.75, 3.05) is 6.54 Å². The molecule has 0 spiro atoms. The fraction of sp³-hybridized carbons (Fsp3) is 0.250. The molecule has 0 aliphatic rings. The van der Waals surface area contributed by atoms with Crippen LogP contribution in [-0.2, 0) is 0 Å². The zero-order valence-electron chi connectivity index (χ0n) is 7.13. The minimum absolute atomic E-state index is 0.208. The van der Waals surface area contributed by atoms with Crippen LogP contribution in [0.4, 0.5) is 0 Å². The highest BCUT2D eigenvalue weighted by Gasteiger charge is 2.08. The number of hydrogen-bond donors (Lipinski definition) is 1. The number of rotatable bonds is 3. The molecule has 0 saturated carbocycles. The summed E-state index contributed by atoms with van der Waals surface area (Å²) in [6.45, 7) is 5.58. The van der Waals surface area contributed by atoms with E-state index in [9.17, 15) is 4.79 Å². The molecule has 13 heavy (non-hydrogen) atoms. The van der Waals surface area contributed by atoms with E-state index >= 15 is 0 Å². The number of halogens is 1. The molecule has 0 atom stereocenters. The topological polar surface area (TPSA) is 42.0 Å². The summed E-state index contributed by atoms with van der Waals surface area (Å²) in [7, 11) is 0. The highest BCUT2D eigenvalue weighted by Crippen LogP contribution is 2.08. The summed E-state index contributed by atoms with van der Waals surface area (Å²) in [5.41, 5.74) is 0.847. The lowest BCUT2D eigenvalue weighted by molar-refractivity contribution is 0.0957. The Kier molecular flexibility index (Phi) is 3.45. The quantitative estimate of drug-likeness (QED) is 0.839. The second-order valence-electron chi connectivity index (χ2n) is 2.49. The average Bonchev–Trinajstić information content (AvgIpc) is 2.47. The lowest BCUT2D eigenvalue weighted by atomic mass is 10.5. The van der Waals surface area contributed by atoms with E-state index in [2.05, 4.69) is 16.9 Å². The van der Waals surface area contributed by atoms with Crippen molar-refractivity contribution in [3.05, 3.63) is 27.7 Å². The molecule has 1 aromatic heterocycles. The predicted octanol–water partition coefficient (Wildman–Crippen LogP) is 1.93. The largest absolute Gasteiger partial charge is 0.345 e. The normalized spacial score (nSPS) is 9.69. The highest BCUT2D eigenvalue weighted by atomic mass is 35.5. The lowest BCUT2D eigenvalue weighted by Gasteiger charge is -1.99. The minimum atomic E-state index is -0.208. The number of carbonyl (C=O) groups excluding carboxylic acids is 1. The lowest BCUT2D eigenvalue weighted by Crippen LogP contribution is -2.24. The summed E-state index contributed by atoms with van der Waals surface area (Å²) in [6, 6.07) is 0. The van der Waals surface area contributed by atoms with E-state index in [1.165, 1.54) is 11.3 Å². The standard InChI is InChI=1S/C8H9ClN2OS/c1-5(9)3-10-7(12)8-11-6(2)4-13-8/h4H,1,3H2,2H3,(H,10,12). The monoisotopic (exact) mass is 216 g/mol. The molecule has 0 fully saturated rings. The fourth-order valence-electron chi connectivity index (χ4n) is 0.710. The summed E-state index contributed by atoms with van der Waals surface area (Å²) < 4.78 is 0. The van der Waals surface area contributed by atoms with Gasteiger partial charge in [-0.2, -0.15) is 0 Å². The molecule has 0 aliphatic heterocycles. The molecular weight excluding hydrogens is 208 g/mol. The van der Waals surface area contributed by atoms with Crippen LogP contribution in [0.1, 0.15) is 15.5 Å². The third-order valence-corrected chi connectivity index (χ3v) is 2.35. The number of hydrogen-bond acceptors (Lipinski definition) is 3. The summed E-state index contributed by atoms with van der Waals surface area (Å²) in [5.74, 6) is -0.208. The summed E-state index contributed by atoms with van der Waals surface area (Å²) in [5, 5.41) is 5.27. The molecule has 3 nitrogen and oxygen atoms in total. The maximum atomic E-state index is 11.3. The van der Waals surface area contributed by atoms with E-state index in [4.69, 9.17) is 11.6 Å². The van der Waals surface area contributed by atoms with Crippen LogP contribution in [0, 0.1) is 6.92 Å². The Balaban J connectivity index is 2.54. The van der Waals surface area contributed by atoms with Crippen LogP contribution in [0.25, 0.3) is 0 Å². The van der Waals surface area contributed by atoms with E-state index in [1.807, 2.05) is 12.3 Å². The number of amides is 1. The highest BCUT2D eigenvalue weighted by molar-refractivity contribution is 7.11. The summed E-state index contributed by atoms with van der Waals surface area (Å²) in [6.07, 6.45) is 0. The van der Waals surface area contributed by atoms with Crippen LogP contribution >= 0.6 is 22.9 Å². The van der Waals surface area contributed by atoms with Gasteiger partial charge in [-0.05, 0) is 6.92 Å². The third kappa shape index (κ3) is 3.16. The molecule has 1 amide bonds. The van der Waals surface area contributed by atoms with Gasteiger partial charge in [-0.3, -0.25) is 4.79 Å². The molecule has 0 aromatic carbocycles. The molecule has 0 saturated heterocycles. The smallest absolute Gasteiger partial charge is 0.280 e. The zero-order valence-corrected chi connectivity index (χ0v) is 8.71. The first-order valence-electron chi connectivity index (χ1n) is 3.63. The Morgan fingerprint density at radius 1 is 1.85 bits per heavy atom. The van der Waals surface area contributed by atoms with E-state index in [1.54, 1.807) is 0 Å². The predicted molar refractivity (Wildman–Crippen MR) is 54.2 cm³/mol. The Hall–Kier alpha value is -0.870. The molecule has 1 aromatic rings. The fourth-order valence-corrected chi connectivity index (χ4v) is 1.49. The number of thiazole rings is 1. The van der Waals surface area contributed by atoms with Crippen molar-refractivity contribution in [1.29, 1.82) is 0 Å². The Morgan fingerprint density at radius 2 is 2.54 bits per heavy atom. The van der Waals surface area contributed by atoms with Crippen LogP contribution in [0.5, 0.6) is 0 Å². The van der Waals surface area contributed by atoms with Gasteiger partial charge in [0, 0.05) is 16.1 Å². The van der Waals surface area contributed by atoms with Gasteiger partial charge in [0.05, 0.1) is 6.54 Å². The van der Waals surface area contributed by atoms with Crippen molar-refractivity contribution < 1.29 is 4.79 Å². The van der Waals surface area contributed by atoms with Crippen LogP contribution in [0.2, 0.25) is 0 Å². The second-order valence-corrected chi connectivity index (χ2v) is 3.89. The van der Waals surface area contributed by atoms with E-state index in [0.717, 1.165) is 5.69 Å². The Morgan fingerprint density at radius 3 is 3.00 bits per heavy atom. The average molecular weight is 217 g/mol. The number of aryl methyl sites for hydroxylation is 1. The molecule has 1 N–H and O–H groups in total. The molecule has 5 heteroatoms. The molecule has 70 valence electrons. The van der Waals surface area contributed by atoms with Gasteiger partial charge >= 0.3 is 0 Å². The van der Waals surface area contributed by atoms with Crippen LogP contribution in [0.15, 0.2) is 17.0 Å². The van der Waals surface area contributed by atoms with Crippen molar-refractivity contribution in [2.24, 2.45) is 0 Å². The Labute approximate surface area is 85.4 Å². The van der Waals surface area contributed by atoms with Crippen molar-refractivity contribution in [3.8, 4) is 0 Å². The Bertz CT molecular complexity index is 335. The second kappa shape index (κ2) is 4.39. The van der Waals surface area contributed by atoms with Gasteiger partial charge in [0.15, 0.2) is 5.01 Å². The van der Waals surface area contributed by atoms with Gasteiger partial charge < -0.3 is 5.32 Å². The van der Waals surface area contributed by atoms with E-state index < -0.39 is 0 Å². The number of nitrogens with zero attached hydrogens (tertiary/aromatic N) is 1. The number of aromatic nitrogens is 1. The van der Waals surface area contributed by atoms with Gasteiger partial charge in [0.2, 0.25) is 0 Å². The zero-order chi connectivity index (χ0) is 9.84. The molecule has 0 aliphatic carbocycles. The van der Waals surface area contributed by atoms with Crippen molar-refractivity contribution in [1.82, 2.24) is 10.3 Å². The van der Waals surface area contributed by atoms with Crippen molar-refractivity contribution in [2.45, 2.75) is 6.92 Å². The van der Waals surface area contributed by atoms with E-state index in [0.29, 0.717) is 10.0 Å². The van der Waals surface area contributed by atoms with Gasteiger partial charge in [-0.25, -0.2) is 4.98 Å². The number of nitrogens with one attached hydrogen (secondary N) is 1. The molecular formula is C8H9ClN2OS. The molecule has 1 rings (SSSR count). The molecule has 0 bridgehead atoms. The third-order valence-electron chi connectivity index (χ3n) is 1.25. The summed E-state index contributed by atoms with van der Waals surface area (Å²) >= 11 is 6.80. The molecule has 0 radical (unpaired) electrons.